The van der Waals surface area contributed by atoms with E-state index < -0.39 is 0 Å². The zero-order valence-corrected chi connectivity index (χ0v) is 12.7. The van der Waals surface area contributed by atoms with Crippen molar-refractivity contribution in [2.24, 2.45) is 5.92 Å². The molecule has 6 heteroatoms. The molecule has 1 aromatic rings. The van der Waals surface area contributed by atoms with Crippen LogP contribution in [-0.2, 0) is 4.79 Å². The molecule has 110 valence electrons. The maximum Gasteiger partial charge on any atom is 0.251 e. The molecule has 1 rings (SSSR count). The topological polar surface area (TPSA) is 70.2 Å². The van der Waals surface area contributed by atoms with Crippen molar-refractivity contribution < 1.29 is 9.59 Å². The second-order valence-corrected chi connectivity index (χ2v) is 4.88. The van der Waals surface area contributed by atoms with Crippen molar-refractivity contribution in [1.82, 2.24) is 10.6 Å². The molecule has 1 unspecified atom stereocenters. The van der Waals surface area contributed by atoms with Gasteiger partial charge in [-0.25, -0.2) is 0 Å². The number of benzene rings is 1. The van der Waals surface area contributed by atoms with Crippen LogP contribution in [0.4, 0.5) is 5.69 Å². The number of amides is 2. The van der Waals surface area contributed by atoms with E-state index in [0.717, 1.165) is 6.54 Å². The van der Waals surface area contributed by atoms with Gasteiger partial charge in [0.1, 0.15) is 0 Å². The van der Waals surface area contributed by atoms with E-state index in [1.807, 2.05) is 13.8 Å². The Morgan fingerprint density at radius 3 is 2.65 bits per heavy atom. The van der Waals surface area contributed by atoms with Gasteiger partial charge in [-0.1, -0.05) is 25.4 Å². The first-order chi connectivity index (χ1) is 9.49. The van der Waals surface area contributed by atoms with E-state index in [2.05, 4.69) is 16.0 Å². The molecule has 0 aliphatic heterocycles. The molecular weight excluding hydrogens is 278 g/mol. The molecule has 5 nitrogen and oxygen atoms in total. The van der Waals surface area contributed by atoms with Crippen molar-refractivity contribution in [1.29, 1.82) is 0 Å². The fraction of sp³-hybridized carbons (Fsp3) is 0.429. The summed E-state index contributed by atoms with van der Waals surface area (Å²) in [6.45, 7) is 5.21. The van der Waals surface area contributed by atoms with Gasteiger partial charge in [0.05, 0.1) is 10.7 Å². The number of hydrogen-bond acceptors (Lipinski definition) is 3. The van der Waals surface area contributed by atoms with Gasteiger partial charge >= 0.3 is 0 Å². The lowest BCUT2D eigenvalue weighted by atomic mass is 10.1. The smallest absolute Gasteiger partial charge is 0.251 e. The third kappa shape index (κ3) is 4.51. The fourth-order valence-corrected chi connectivity index (χ4v) is 1.78. The highest BCUT2D eigenvalue weighted by Crippen LogP contribution is 2.23. The average molecular weight is 298 g/mol. The Balaban J connectivity index is 2.80. The Hall–Kier alpha value is -1.59. The molecule has 2 amide bonds. The van der Waals surface area contributed by atoms with Gasteiger partial charge < -0.3 is 16.0 Å². The molecule has 0 spiro atoms. The number of anilines is 1. The van der Waals surface area contributed by atoms with Gasteiger partial charge in [-0.15, -0.1) is 0 Å². The van der Waals surface area contributed by atoms with Crippen molar-refractivity contribution in [2.45, 2.75) is 13.8 Å². The first-order valence-corrected chi connectivity index (χ1v) is 6.90. The Bertz CT molecular complexity index is 491. The quantitative estimate of drug-likeness (QED) is 0.751. The van der Waals surface area contributed by atoms with Crippen molar-refractivity contribution in [3.63, 3.8) is 0 Å². The molecule has 0 radical (unpaired) electrons. The summed E-state index contributed by atoms with van der Waals surface area (Å²) in [5.74, 6) is -0.547. The molecule has 0 bridgehead atoms. The first-order valence-electron chi connectivity index (χ1n) is 6.52. The van der Waals surface area contributed by atoms with E-state index in [9.17, 15) is 9.59 Å². The van der Waals surface area contributed by atoms with Crippen molar-refractivity contribution in [2.75, 3.05) is 25.5 Å². The van der Waals surface area contributed by atoms with E-state index in [-0.39, 0.29) is 17.7 Å². The normalized spacial score (nSPS) is 11.8. The van der Waals surface area contributed by atoms with E-state index >= 15 is 0 Å². The number of carbonyl (C=O) groups is 2. The van der Waals surface area contributed by atoms with Crippen molar-refractivity contribution in [3.8, 4) is 0 Å². The van der Waals surface area contributed by atoms with Crippen LogP contribution < -0.4 is 16.0 Å². The monoisotopic (exact) mass is 297 g/mol. The van der Waals surface area contributed by atoms with E-state index in [0.29, 0.717) is 22.8 Å². The van der Waals surface area contributed by atoms with Crippen LogP contribution in [0.5, 0.6) is 0 Å². The highest BCUT2D eigenvalue weighted by atomic mass is 35.5. The lowest BCUT2D eigenvalue weighted by molar-refractivity contribution is -0.119. The summed E-state index contributed by atoms with van der Waals surface area (Å²) in [6, 6.07) is 4.77. The van der Waals surface area contributed by atoms with Crippen LogP contribution in [0.2, 0.25) is 5.02 Å². The standard InChI is InChI=1S/C14H20ClN3O2/c1-4-17-8-9(2)13(19)18-12-7-10(14(20)16-3)5-6-11(12)15/h5-7,9,17H,4,8H2,1-3H3,(H,16,20)(H,18,19). The van der Waals surface area contributed by atoms with Crippen LogP contribution >= 0.6 is 11.6 Å². The predicted octanol–water partition coefficient (Wildman–Crippen LogP) is 1.88. The van der Waals surface area contributed by atoms with Crippen LogP contribution in [0.1, 0.15) is 24.2 Å². The summed E-state index contributed by atoms with van der Waals surface area (Å²) in [7, 11) is 1.55. The largest absolute Gasteiger partial charge is 0.355 e. The minimum atomic E-state index is -0.224. The summed E-state index contributed by atoms with van der Waals surface area (Å²) >= 11 is 6.04. The van der Waals surface area contributed by atoms with Gasteiger partial charge in [-0.3, -0.25) is 9.59 Å². The molecule has 0 aliphatic rings. The van der Waals surface area contributed by atoms with Gasteiger partial charge in [0.25, 0.3) is 5.91 Å². The molecule has 0 saturated carbocycles. The van der Waals surface area contributed by atoms with Crippen LogP contribution in [0.15, 0.2) is 18.2 Å². The minimum Gasteiger partial charge on any atom is -0.355 e. The summed E-state index contributed by atoms with van der Waals surface area (Å²) in [6.07, 6.45) is 0. The zero-order chi connectivity index (χ0) is 15.1. The number of nitrogens with one attached hydrogen (secondary N) is 3. The molecule has 0 aromatic heterocycles. The molecule has 1 aromatic carbocycles. The summed E-state index contributed by atoms with van der Waals surface area (Å²) in [4.78, 5) is 23.6. The Labute approximate surface area is 124 Å². The predicted molar refractivity (Wildman–Crippen MR) is 81.2 cm³/mol. The third-order valence-electron chi connectivity index (χ3n) is 2.86. The number of hydrogen-bond donors (Lipinski definition) is 3. The molecule has 20 heavy (non-hydrogen) atoms. The molecule has 0 heterocycles. The highest BCUT2D eigenvalue weighted by molar-refractivity contribution is 6.33. The van der Waals surface area contributed by atoms with Gasteiger partial charge in [0.15, 0.2) is 0 Å². The Kier molecular flexibility index (Phi) is 6.48. The van der Waals surface area contributed by atoms with Gasteiger partial charge in [-0.2, -0.15) is 0 Å². The van der Waals surface area contributed by atoms with E-state index in [1.165, 1.54) is 0 Å². The maximum absolute atomic E-state index is 12.0. The first kappa shape index (κ1) is 16.5. The van der Waals surface area contributed by atoms with Crippen LogP contribution in [0.25, 0.3) is 0 Å². The number of rotatable bonds is 6. The molecule has 0 saturated heterocycles. The average Bonchev–Trinajstić information content (AvgIpc) is 2.45. The second kappa shape index (κ2) is 7.87. The summed E-state index contributed by atoms with van der Waals surface area (Å²) in [5, 5.41) is 8.79. The van der Waals surface area contributed by atoms with E-state index in [1.54, 1.807) is 25.2 Å². The lowest BCUT2D eigenvalue weighted by Gasteiger charge is -2.14. The fourth-order valence-electron chi connectivity index (χ4n) is 1.62. The molecule has 1 atom stereocenters. The molecule has 0 aliphatic carbocycles. The Morgan fingerprint density at radius 1 is 1.35 bits per heavy atom. The molecule has 0 fully saturated rings. The molecule has 3 N–H and O–H groups in total. The van der Waals surface area contributed by atoms with Crippen LogP contribution in [-0.4, -0.2) is 32.0 Å². The third-order valence-corrected chi connectivity index (χ3v) is 3.19. The van der Waals surface area contributed by atoms with Crippen LogP contribution in [0, 0.1) is 5.92 Å². The molecular formula is C14H20ClN3O2. The minimum absolute atomic E-state index is 0.137. The van der Waals surface area contributed by atoms with Crippen molar-refractivity contribution in [3.05, 3.63) is 28.8 Å². The number of carbonyl (C=O) groups excluding carboxylic acids is 2. The second-order valence-electron chi connectivity index (χ2n) is 4.47. The highest BCUT2D eigenvalue weighted by Gasteiger charge is 2.15. The van der Waals surface area contributed by atoms with Gasteiger partial charge in [0, 0.05) is 25.1 Å². The van der Waals surface area contributed by atoms with Crippen LogP contribution in [0.3, 0.4) is 0 Å². The summed E-state index contributed by atoms with van der Waals surface area (Å²) < 4.78 is 0. The lowest BCUT2D eigenvalue weighted by Crippen LogP contribution is -2.30. The SMILES string of the molecule is CCNCC(C)C(=O)Nc1cc(C(=O)NC)ccc1Cl. The Morgan fingerprint density at radius 2 is 2.05 bits per heavy atom. The maximum atomic E-state index is 12.0. The zero-order valence-electron chi connectivity index (χ0n) is 11.9. The number of halogens is 1. The van der Waals surface area contributed by atoms with Crippen molar-refractivity contribution >= 4 is 29.1 Å². The van der Waals surface area contributed by atoms with Gasteiger partial charge in [0.2, 0.25) is 5.91 Å². The summed E-state index contributed by atoms with van der Waals surface area (Å²) in [5.41, 5.74) is 0.896. The van der Waals surface area contributed by atoms with Gasteiger partial charge in [-0.05, 0) is 24.7 Å². The van der Waals surface area contributed by atoms with E-state index in [4.69, 9.17) is 11.6 Å².